The number of fused-ring (bicyclic) bond motifs is 1. The molecular weight excluding hydrogens is 580 g/mol. The smallest absolute Gasteiger partial charge is 0.243 e. The number of hydrogen-bond donors (Lipinski definition) is 0. The average Bonchev–Trinajstić information content (AvgIpc) is 2.84. The molecule has 4 nitrogen and oxygen atoms in total. The van der Waals surface area contributed by atoms with Gasteiger partial charge in [0.15, 0.2) is 0 Å². The second-order valence-electron chi connectivity index (χ2n) is 11.9. The highest BCUT2D eigenvalue weighted by Gasteiger charge is 2.25. The molecule has 0 aliphatic heterocycles. The second kappa shape index (κ2) is 13.4. The summed E-state index contributed by atoms with van der Waals surface area (Å²) < 4.78 is 30.5. The number of halogens is 1. The summed E-state index contributed by atoms with van der Waals surface area (Å²) >= 11 is 0. The van der Waals surface area contributed by atoms with Crippen molar-refractivity contribution in [2.45, 2.75) is 58.5 Å². The van der Waals surface area contributed by atoms with E-state index in [0.29, 0.717) is 18.0 Å². The van der Waals surface area contributed by atoms with Gasteiger partial charge >= 0.3 is 0 Å². The van der Waals surface area contributed by atoms with E-state index in [4.69, 9.17) is 0 Å². The third kappa shape index (κ3) is 8.50. The topological polar surface area (TPSA) is 37.4 Å². The van der Waals surface area contributed by atoms with Crippen LogP contribution in [0.4, 0.5) is 0 Å². The molecule has 0 radical (unpaired) electrons. The summed E-state index contributed by atoms with van der Waals surface area (Å²) in [5.41, 5.74) is 7.28. The first-order chi connectivity index (χ1) is 18.4. The van der Waals surface area contributed by atoms with E-state index in [1.165, 1.54) is 16.7 Å². The predicted octanol–water partition coefficient (Wildman–Crippen LogP) is 4.33. The Hall–Kier alpha value is -2.51. The largest absolute Gasteiger partial charge is 1.00 e. The van der Waals surface area contributed by atoms with Crippen molar-refractivity contribution in [2.24, 2.45) is 0 Å². The van der Waals surface area contributed by atoms with Crippen molar-refractivity contribution in [1.29, 1.82) is 0 Å². The summed E-state index contributed by atoms with van der Waals surface area (Å²) in [5, 5.41) is 1.98. The lowest BCUT2D eigenvalue weighted by molar-refractivity contribution is -0.903. The molecule has 6 heteroatoms. The van der Waals surface area contributed by atoms with Crippen LogP contribution in [0.1, 0.15) is 46.2 Å². The molecule has 4 aromatic carbocycles. The van der Waals surface area contributed by atoms with Gasteiger partial charge in [-0.1, -0.05) is 89.0 Å². The Morgan fingerprint density at radius 2 is 1.23 bits per heavy atom. The van der Waals surface area contributed by atoms with Crippen molar-refractivity contribution in [3.05, 3.63) is 112 Å². The maximum Gasteiger partial charge on any atom is 0.243 e. The van der Waals surface area contributed by atoms with Crippen LogP contribution in [0.25, 0.3) is 10.8 Å². The van der Waals surface area contributed by atoms with E-state index < -0.39 is 10.0 Å². The molecule has 4 aromatic rings. The monoisotopic (exact) mass is 622 g/mol. The predicted molar refractivity (Wildman–Crippen MR) is 163 cm³/mol. The summed E-state index contributed by atoms with van der Waals surface area (Å²) in [7, 11) is 0.859. The van der Waals surface area contributed by atoms with Gasteiger partial charge in [-0.2, -0.15) is 4.31 Å². The van der Waals surface area contributed by atoms with Crippen LogP contribution in [0.2, 0.25) is 0 Å². The summed E-state index contributed by atoms with van der Waals surface area (Å²) in [6, 6.07) is 26.4. The van der Waals surface area contributed by atoms with Crippen molar-refractivity contribution in [2.75, 3.05) is 27.2 Å². The molecule has 0 aliphatic rings. The van der Waals surface area contributed by atoms with E-state index in [2.05, 4.69) is 78.2 Å². The summed E-state index contributed by atoms with van der Waals surface area (Å²) in [6.07, 6.45) is 1.76. The molecule has 0 heterocycles. The van der Waals surface area contributed by atoms with Gasteiger partial charge in [0.1, 0.15) is 6.54 Å². The van der Waals surface area contributed by atoms with E-state index in [9.17, 15) is 8.42 Å². The van der Waals surface area contributed by atoms with Crippen molar-refractivity contribution in [1.82, 2.24) is 4.31 Å². The molecule has 0 atom stereocenters. The van der Waals surface area contributed by atoms with Crippen LogP contribution < -0.4 is 17.0 Å². The Kier molecular flexibility index (Phi) is 10.8. The molecular formula is C34H43BrN2O2S. The van der Waals surface area contributed by atoms with Crippen molar-refractivity contribution in [3.8, 4) is 0 Å². The third-order valence-electron chi connectivity index (χ3n) is 7.31. The zero-order valence-electron chi connectivity index (χ0n) is 24.7. The molecule has 4 rings (SSSR count). The first kappa shape index (κ1) is 32.0. The minimum Gasteiger partial charge on any atom is -1.00 e. The molecule has 0 fully saturated rings. The number of aryl methyl sites for hydroxylation is 4. The number of unbranched alkanes of at least 4 members (excludes halogenated alkanes) is 1. The number of hydrogen-bond acceptors (Lipinski definition) is 2. The van der Waals surface area contributed by atoms with Gasteiger partial charge in [-0.05, 0) is 69.0 Å². The number of benzene rings is 4. The molecule has 0 aliphatic carbocycles. The number of nitrogens with zero attached hydrogens (tertiary/aromatic N) is 2. The van der Waals surface area contributed by atoms with Gasteiger partial charge in [0.2, 0.25) is 10.0 Å². The van der Waals surface area contributed by atoms with E-state index >= 15 is 0 Å². The normalized spacial score (nSPS) is 12.1. The third-order valence-corrected chi connectivity index (χ3v) is 9.15. The highest BCUT2D eigenvalue weighted by molar-refractivity contribution is 7.89. The highest BCUT2D eigenvalue weighted by atomic mass is 79.9. The highest BCUT2D eigenvalue weighted by Crippen LogP contribution is 2.25. The molecule has 214 valence electrons. The zero-order chi connectivity index (χ0) is 28.2. The molecule has 0 bridgehead atoms. The first-order valence-corrected chi connectivity index (χ1v) is 15.3. The van der Waals surface area contributed by atoms with E-state index in [1.54, 1.807) is 10.4 Å². The minimum absolute atomic E-state index is 0. The van der Waals surface area contributed by atoms with Gasteiger partial charge in [0.05, 0.1) is 25.5 Å². The number of quaternary nitrogens is 1. The van der Waals surface area contributed by atoms with Gasteiger partial charge in [-0.25, -0.2) is 8.42 Å². The molecule has 0 amide bonds. The quantitative estimate of drug-likeness (QED) is 0.184. The van der Waals surface area contributed by atoms with Crippen LogP contribution in [0, 0.1) is 27.7 Å². The van der Waals surface area contributed by atoms with Gasteiger partial charge in [0, 0.05) is 18.7 Å². The van der Waals surface area contributed by atoms with Crippen molar-refractivity contribution >= 4 is 20.8 Å². The summed E-state index contributed by atoms with van der Waals surface area (Å²) in [5.74, 6) is 0. The Labute approximate surface area is 252 Å². The molecule has 0 saturated heterocycles. The van der Waals surface area contributed by atoms with E-state index in [1.807, 2.05) is 36.4 Å². The maximum absolute atomic E-state index is 14.0. The summed E-state index contributed by atoms with van der Waals surface area (Å²) in [4.78, 5) is 0.358. The van der Waals surface area contributed by atoms with Gasteiger partial charge in [-0.15, -0.1) is 0 Å². The summed E-state index contributed by atoms with van der Waals surface area (Å²) in [6.45, 7) is 11.2. The SMILES string of the molecule is Cc1cc(C)cc(CN(CCCC[N+](C)(C)Cc2cc(C)cc(C)c2)S(=O)(=O)c2ccc3ccccc3c2)c1.[Br-]. The Morgan fingerprint density at radius 3 is 1.82 bits per heavy atom. The Morgan fingerprint density at radius 1 is 0.675 bits per heavy atom. The van der Waals surface area contributed by atoms with E-state index in [-0.39, 0.29) is 17.0 Å². The molecule has 0 N–H and O–H groups in total. The fourth-order valence-corrected chi connectivity index (χ4v) is 7.19. The molecule has 0 spiro atoms. The van der Waals surface area contributed by atoms with Crippen LogP contribution in [-0.4, -0.2) is 44.4 Å². The standard InChI is InChI=1S/C34H43N2O2S.BrH/c1-26-17-27(2)20-30(19-26)24-35(39(37,38)34-14-13-32-11-7-8-12-33(32)23-34)15-9-10-16-36(5,6)25-31-21-28(3)18-29(4)22-31;/h7-8,11-14,17-23H,9-10,15-16,24-25H2,1-6H3;1H/q+1;/p-1. The fraction of sp³-hybridized carbons (Fsp3) is 0.353. The fourth-order valence-electron chi connectivity index (χ4n) is 5.69. The number of sulfonamides is 1. The second-order valence-corrected chi connectivity index (χ2v) is 13.8. The lowest BCUT2D eigenvalue weighted by Crippen LogP contribution is -3.00. The first-order valence-electron chi connectivity index (χ1n) is 13.9. The number of rotatable bonds is 11. The van der Waals surface area contributed by atoms with Crippen LogP contribution in [0.3, 0.4) is 0 Å². The van der Waals surface area contributed by atoms with Crippen LogP contribution in [0.15, 0.2) is 83.8 Å². The van der Waals surface area contributed by atoms with Gasteiger partial charge < -0.3 is 21.5 Å². The Balaban J connectivity index is 0.00000441. The zero-order valence-corrected chi connectivity index (χ0v) is 27.1. The maximum atomic E-state index is 14.0. The lowest BCUT2D eigenvalue weighted by Gasteiger charge is -2.31. The van der Waals surface area contributed by atoms with Gasteiger partial charge in [-0.3, -0.25) is 0 Å². The Bertz CT molecular complexity index is 1520. The van der Waals surface area contributed by atoms with Crippen LogP contribution in [0.5, 0.6) is 0 Å². The molecule has 0 unspecified atom stereocenters. The molecule has 0 saturated carbocycles. The van der Waals surface area contributed by atoms with Crippen molar-refractivity contribution < 1.29 is 29.9 Å². The minimum atomic E-state index is -3.66. The van der Waals surface area contributed by atoms with Gasteiger partial charge in [0.25, 0.3) is 0 Å². The lowest BCUT2D eigenvalue weighted by atomic mass is 10.1. The van der Waals surface area contributed by atoms with Crippen LogP contribution in [-0.2, 0) is 23.1 Å². The molecule has 40 heavy (non-hydrogen) atoms. The van der Waals surface area contributed by atoms with Crippen LogP contribution >= 0.6 is 0 Å². The average molecular weight is 624 g/mol. The van der Waals surface area contributed by atoms with E-state index in [0.717, 1.165) is 57.9 Å². The molecule has 0 aromatic heterocycles. The van der Waals surface area contributed by atoms with Crippen molar-refractivity contribution in [3.63, 3.8) is 0 Å².